The quantitative estimate of drug-likeness (QED) is 0.906. The summed E-state index contributed by atoms with van der Waals surface area (Å²) in [6.45, 7) is 1.45. The Morgan fingerprint density at radius 1 is 1.08 bits per heavy atom. The van der Waals surface area contributed by atoms with E-state index in [1.54, 1.807) is 47.4 Å². The fourth-order valence-corrected chi connectivity index (χ4v) is 2.68. The van der Waals surface area contributed by atoms with E-state index in [-0.39, 0.29) is 18.7 Å². The first-order valence-corrected chi connectivity index (χ1v) is 7.57. The Kier molecular flexibility index (Phi) is 3.45. The predicted octanol–water partition coefficient (Wildman–Crippen LogP) is 2.20. The third-order valence-corrected chi connectivity index (χ3v) is 3.93. The number of anilines is 2. The fourth-order valence-electron chi connectivity index (χ4n) is 2.68. The summed E-state index contributed by atoms with van der Waals surface area (Å²) < 4.78 is 10.5. The highest BCUT2D eigenvalue weighted by atomic mass is 16.7. The van der Waals surface area contributed by atoms with Crippen molar-refractivity contribution in [2.75, 3.05) is 30.1 Å². The van der Waals surface area contributed by atoms with Crippen LogP contribution in [0.25, 0.3) is 0 Å². The van der Waals surface area contributed by atoms with Gasteiger partial charge < -0.3 is 20.1 Å². The number of amides is 3. The molecule has 2 aromatic rings. The van der Waals surface area contributed by atoms with E-state index < -0.39 is 0 Å². The van der Waals surface area contributed by atoms with Crippen LogP contribution in [0.5, 0.6) is 11.5 Å². The van der Waals surface area contributed by atoms with Crippen LogP contribution in [0.4, 0.5) is 16.2 Å². The van der Waals surface area contributed by atoms with Crippen LogP contribution in [0, 0.1) is 0 Å². The molecule has 4 rings (SSSR count). The summed E-state index contributed by atoms with van der Waals surface area (Å²) in [6, 6.07) is 12.1. The second-order valence-corrected chi connectivity index (χ2v) is 5.45. The van der Waals surface area contributed by atoms with Gasteiger partial charge in [0.15, 0.2) is 11.5 Å². The molecule has 0 unspecified atom stereocenters. The monoisotopic (exact) mass is 325 g/mol. The highest BCUT2D eigenvalue weighted by Gasteiger charge is 2.21. The Bertz CT molecular complexity index is 804. The number of urea groups is 1. The number of nitrogens with one attached hydrogen (secondary N) is 2. The lowest BCUT2D eigenvalue weighted by molar-refractivity contribution is 0.102. The minimum absolute atomic E-state index is 0.104. The zero-order chi connectivity index (χ0) is 16.5. The lowest BCUT2D eigenvalue weighted by atomic mass is 10.2. The third-order valence-electron chi connectivity index (χ3n) is 3.93. The molecule has 7 nitrogen and oxygen atoms in total. The first-order chi connectivity index (χ1) is 11.7. The minimum Gasteiger partial charge on any atom is -0.454 e. The lowest BCUT2D eigenvalue weighted by Gasteiger charge is -2.14. The van der Waals surface area contributed by atoms with Gasteiger partial charge in [-0.25, -0.2) is 4.79 Å². The van der Waals surface area contributed by atoms with Crippen LogP contribution >= 0.6 is 0 Å². The Labute approximate surface area is 138 Å². The van der Waals surface area contributed by atoms with E-state index in [9.17, 15) is 9.59 Å². The van der Waals surface area contributed by atoms with Crippen molar-refractivity contribution in [1.82, 2.24) is 5.32 Å². The summed E-state index contributed by atoms with van der Waals surface area (Å²) >= 11 is 0. The topological polar surface area (TPSA) is 79.9 Å². The molecule has 0 saturated carbocycles. The fraction of sp³-hybridized carbons (Fsp3) is 0.176. The largest absolute Gasteiger partial charge is 0.454 e. The molecule has 1 saturated heterocycles. The summed E-state index contributed by atoms with van der Waals surface area (Å²) in [5.41, 5.74) is 1.94. The maximum Gasteiger partial charge on any atom is 0.321 e. The third kappa shape index (κ3) is 2.60. The average molecular weight is 325 g/mol. The van der Waals surface area contributed by atoms with Crippen LogP contribution in [0.15, 0.2) is 42.5 Å². The molecule has 2 N–H and O–H groups in total. The number of nitrogens with zero attached hydrogens (tertiary/aromatic N) is 1. The van der Waals surface area contributed by atoms with Crippen LogP contribution in [-0.4, -0.2) is 31.8 Å². The molecule has 24 heavy (non-hydrogen) atoms. The Morgan fingerprint density at radius 3 is 2.62 bits per heavy atom. The molecule has 3 amide bonds. The van der Waals surface area contributed by atoms with Gasteiger partial charge in [-0.15, -0.1) is 0 Å². The van der Waals surface area contributed by atoms with Gasteiger partial charge in [0.1, 0.15) is 0 Å². The van der Waals surface area contributed by atoms with Crippen LogP contribution < -0.4 is 25.0 Å². The molecule has 0 bridgehead atoms. The van der Waals surface area contributed by atoms with Crippen LogP contribution in [0.1, 0.15) is 10.4 Å². The number of benzene rings is 2. The minimum atomic E-state index is -0.236. The summed E-state index contributed by atoms with van der Waals surface area (Å²) in [5.74, 6) is 0.970. The number of carbonyl (C=O) groups excluding carboxylic acids is 2. The van der Waals surface area contributed by atoms with E-state index in [1.165, 1.54) is 0 Å². The molecule has 0 atom stereocenters. The molecule has 2 heterocycles. The first kappa shape index (κ1) is 14.4. The van der Waals surface area contributed by atoms with Crippen molar-refractivity contribution in [3.63, 3.8) is 0 Å². The molecular weight excluding hydrogens is 310 g/mol. The smallest absolute Gasteiger partial charge is 0.321 e. The van der Waals surface area contributed by atoms with Crippen LogP contribution in [0.2, 0.25) is 0 Å². The maximum atomic E-state index is 12.3. The summed E-state index contributed by atoms with van der Waals surface area (Å²) in [6.07, 6.45) is 0. The van der Waals surface area contributed by atoms with Crippen molar-refractivity contribution in [2.45, 2.75) is 0 Å². The van der Waals surface area contributed by atoms with Gasteiger partial charge >= 0.3 is 6.03 Å². The second kappa shape index (κ2) is 5.77. The van der Waals surface area contributed by atoms with Gasteiger partial charge in [0.2, 0.25) is 6.79 Å². The van der Waals surface area contributed by atoms with Gasteiger partial charge in [0.25, 0.3) is 5.91 Å². The average Bonchev–Trinajstić information content (AvgIpc) is 3.23. The molecule has 1 fully saturated rings. The van der Waals surface area contributed by atoms with E-state index in [0.717, 1.165) is 5.69 Å². The molecular formula is C17H15N3O4. The molecule has 0 radical (unpaired) electrons. The van der Waals surface area contributed by atoms with Gasteiger partial charge in [-0.1, -0.05) is 0 Å². The summed E-state index contributed by atoms with van der Waals surface area (Å²) in [7, 11) is 0. The van der Waals surface area contributed by atoms with Gasteiger partial charge in [-0.05, 0) is 42.5 Å². The Hall–Kier alpha value is -3.22. The standard InChI is InChI=1S/C17H15N3O4/c21-16(11-1-6-14-15(9-11)24-10-23-14)19-12-2-4-13(5-3-12)20-8-7-18-17(20)22/h1-6,9H,7-8,10H2,(H,18,22)(H,19,21). The number of hydrogen-bond acceptors (Lipinski definition) is 4. The molecule has 0 spiro atoms. The van der Waals surface area contributed by atoms with E-state index >= 15 is 0 Å². The highest BCUT2D eigenvalue weighted by molar-refractivity contribution is 6.05. The van der Waals surface area contributed by atoms with Crippen molar-refractivity contribution < 1.29 is 19.1 Å². The van der Waals surface area contributed by atoms with E-state index in [1.807, 2.05) is 0 Å². The molecule has 122 valence electrons. The maximum absolute atomic E-state index is 12.3. The number of hydrogen-bond donors (Lipinski definition) is 2. The van der Waals surface area contributed by atoms with E-state index in [0.29, 0.717) is 35.8 Å². The first-order valence-electron chi connectivity index (χ1n) is 7.57. The number of carbonyl (C=O) groups is 2. The molecule has 7 heteroatoms. The molecule has 2 aliphatic heterocycles. The van der Waals surface area contributed by atoms with Crippen LogP contribution in [0.3, 0.4) is 0 Å². The number of rotatable bonds is 3. The van der Waals surface area contributed by atoms with Crippen molar-refractivity contribution in [2.24, 2.45) is 0 Å². The van der Waals surface area contributed by atoms with E-state index in [4.69, 9.17) is 9.47 Å². The van der Waals surface area contributed by atoms with Gasteiger partial charge in [0, 0.05) is 30.0 Å². The normalized spacial score (nSPS) is 15.3. The van der Waals surface area contributed by atoms with Gasteiger partial charge in [-0.3, -0.25) is 9.69 Å². The Balaban J connectivity index is 1.47. The zero-order valence-electron chi connectivity index (χ0n) is 12.7. The number of fused-ring (bicyclic) bond motifs is 1. The van der Waals surface area contributed by atoms with Crippen molar-refractivity contribution in [3.05, 3.63) is 48.0 Å². The van der Waals surface area contributed by atoms with Crippen LogP contribution in [-0.2, 0) is 0 Å². The van der Waals surface area contributed by atoms with Crippen molar-refractivity contribution in [3.8, 4) is 11.5 Å². The van der Waals surface area contributed by atoms with Gasteiger partial charge in [-0.2, -0.15) is 0 Å². The second-order valence-electron chi connectivity index (χ2n) is 5.45. The summed E-state index contributed by atoms with van der Waals surface area (Å²) in [4.78, 5) is 25.6. The Morgan fingerprint density at radius 2 is 1.88 bits per heavy atom. The van der Waals surface area contributed by atoms with E-state index in [2.05, 4.69) is 10.6 Å². The number of ether oxygens (including phenoxy) is 2. The zero-order valence-corrected chi connectivity index (χ0v) is 12.7. The highest BCUT2D eigenvalue weighted by Crippen LogP contribution is 2.32. The molecule has 0 aliphatic carbocycles. The predicted molar refractivity (Wildman–Crippen MR) is 87.7 cm³/mol. The molecule has 2 aromatic carbocycles. The lowest BCUT2D eigenvalue weighted by Crippen LogP contribution is -2.27. The van der Waals surface area contributed by atoms with Gasteiger partial charge in [0.05, 0.1) is 0 Å². The molecule has 0 aromatic heterocycles. The van der Waals surface area contributed by atoms with Crippen molar-refractivity contribution in [1.29, 1.82) is 0 Å². The summed E-state index contributed by atoms with van der Waals surface area (Å²) in [5, 5.41) is 5.58. The SMILES string of the molecule is O=C(Nc1ccc(N2CCNC2=O)cc1)c1ccc2c(c1)OCO2. The molecule has 2 aliphatic rings. The van der Waals surface area contributed by atoms with Crippen molar-refractivity contribution >= 4 is 23.3 Å².